The first-order chi connectivity index (χ1) is 19.3. The van der Waals surface area contributed by atoms with Gasteiger partial charge in [-0.15, -0.1) is 0 Å². The summed E-state index contributed by atoms with van der Waals surface area (Å²) in [6.07, 6.45) is -2.29. The maximum Gasteiger partial charge on any atom is 0.338 e. The van der Waals surface area contributed by atoms with E-state index in [0.29, 0.717) is 17.7 Å². The standard InChI is InChI=1S/C29H33FN2O8/c1-3-4-16-38-25-24(30)26(40-29(25,18-33)19-39-27(35)21-8-6-5-7-9-21)31-15-14-23(34)32(28(31)36)17-20-10-12-22(37-2)13-11-20/h5-15,24-26,33H,3-4,16-19H2,1-2H3/t24?,25-,26+,29-/m0/s1. The van der Waals surface area contributed by atoms with Crippen LogP contribution in [0.25, 0.3) is 0 Å². The van der Waals surface area contributed by atoms with Crippen LogP contribution in [0.2, 0.25) is 0 Å². The van der Waals surface area contributed by atoms with Crippen LogP contribution in [-0.4, -0.2) is 65.0 Å². The Balaban J connectivity index is 1.64. The van der Waals surface area contributed by atoms with E-state index in [9.17, 15) is 19.5 Å². The first kappa shape index (κ1) is 29.2. The van der Waals surface area contributed by atoms with Crippen LogP contribution in [-0.2, 0) is 20.8 Å². The van der Waals surface area contributed by atoms with Gasteiger partial charge in [-0.2, -0.15) is 0 Å². The van der Waals surface area contributed by atoms with Crippen LogP contribution in [0.1, 0.15) is 41.9 Å². The molecule has 0 radical (unpaired) electrons. The van der Waals surface area contributed by atoms with E-state index >= 15 is 4.39 Å². The number of benzene rings is 2. The van der Waals surface area contributed by atoms with Gasteiger partial charge < -0.3 is 24.1 Å². The van der Waals surface area contributed by atoms with Gasteiger partial charge in [0.05, 0.1) is 25.8 Å². The number of hydrogen-bond donors (Lipinski definition) is 1. The van der Waals surface area contributed by atoms with Gasteiger partial charge in [0.25, 0.3) is 5.56 Å². The number of hydrogen-bond acceptors (Lipinski definition) is 8. The molecular formula is C29H33FN2O8. The first-order valence-electron chi connectivity index (χ1n) is 13.0. The lowest BCUT2D eigenvalue weighted by Gasteiger charge is -2.31. The molecule has 1 N–H and O–H groups in total. The van der Waals surface area contributed by atoms with Crippen LogP contribution < -0.4 is 16.0 Å². The van der Waals surface area contributed by atoms with E-state index in [1.165, 1.54) is 7.11 Å². The minimum absolute atomic E-state index is 0.0670. The third-order valence-corrected chi connectivity index (χ3v) is 6.83. The molecule has 2 heterocycles. The molecule has 4 atom stereocenters. The van der Waals surface area contributed by atoms with Crippen molar-refractivity contribution in [1.82, 2.24) is 9.13 Å². The van der Waals surface area contributed by atoms with Crippen LogP contribution in [0.15, 0.2) is 76.4 Å². The molecule has 1 aromatic heterocycles. The number of esters is 1. The molecular weight excluding hydrogens is 523 g/mol. The number of methoxy groups -OCH3 is 1. The number of halogens is 1. The molecule has 3 aromatic rings. The van der Waals surface area contributed by atoms with Crippen molar-refractivity contribution in [3.63, 3.8) is 0 Å². The van der Waals surface area contributed by atoms with Crippen molar-refractivity contribution in [3.05, 3.63) is 98.8 Å². The van der Waals surface area contributed by atoms with Crippen LogP contribution in [0.3, 0.4) is 0 Å². The zero-order valence-electron chi connectivity index (χ0n) is 22.4. The van der Waals surface area contributed by atoms with Gasteiger partial charge in [-0.1, -0.05) is 43.7 Å². The monoisotopic (exact) mass is 556 g/mol. The Kier molecular flexibility index (Phi) is 9.51. The van der Waals surface area contributed by atoms with Crippen LogP contribution in [0, 0.1) is 0 Å². The van der Waals surface area contributed by atoms with E-state index in [0.717, 1.165) is 27.8 Å². The van der Waals surface area contributed by atoms with E-state index in [4.69, 9.17) is 18.9 Å². The number of ether oxygens (including phenoxy) is 4. The molecule has 0 aliphatic carbocycles. The van der Waals surface area contributed by atoms with Gasteiger partial charge in [-0.05, 0) is 36.2 Å². The molecule has 1 fully saturated rings. The largest absolute Gasteiger partial charge is 0.497 e. The zero-order chi connectivity index (χ0) is 28.7. The fraction of sp³-hybridized carbons (Fsp3) is 0.414. The average molecular weight is 557 g/mol. The summed E-state index contributed by atoms with van der Waals surface area (Å²) in [7, 11) is 1.53. The number of nitrogens with zero attached hydrogens (tertiary/aromatic N) is 2. The quantitative estimate of drug-likeness (QED) is 0.267. The SMILES string of the molecule is CCCCO[C@H]1C(F)[C@H](n2ccc(=O)n(Cc3ccc(OC)cc3)c2=O)O[C@@]1(CO)COC(=O)c1ccccc1. The lowest BCUT2D eigenvalue weighted by molar-refractivity contribution is -0.162. The molecule has 0 amide bonds. The first-order valence-corrected chi connectivity index (χ1v) is 13.0. The van der Waals surface area contributed by atoms with E-state index in [-0.39, 0.29) is 18.7 Å². The molecule has 11 heteroatoms. The number of unbranched alkanes of at least 4 members (excludes halogenated alkanes) is 1. The summed E-state index contributed by atoms with van der Waals surface area (Å²) in [5.74, 6) is -0.0722. The molecule has 4 rings (SSSR count). The summed E-state index contributed by atoms with van der Waals surface area (Å²) in [6, 6.07) is 16.2. The summed E-state index contributed by atoms with van der Waals surface area (Å²) < 4.78 is 40.3. The van der Waals surface area contributed by atoms with Crippen molar-refractivity contribution in [2.75, 3.05) is 26.9 Å². The third kappa shape index (κ3) is 6.16. The molecule has 1 saturated heterocycles. The van der Waals surface area contributed by atoms with Crippen molar-refractivity contribution in [2.45, 2.75) is 50.4 Å². The van der Waals surface area contributed by atoms with Gasteiger partial charge in [0, 0.05) is 18.9 Å². The Hall–Kier alpha value is -3.80. The van der Waals surface area contributed by atoms with Gasteiger partial charge in [-0.25, -0.2) is 14.0 Å². The van der Waals surface area contributed by atoms with Crippen LogP contribution >= 0.6 is 0 Å². The molecule has 0 bridgehead atoms. The lowest BCUT2D eigenvalue weighted by atomic mass is 9.97. The topological polar surface area (TPSA) is 118 Å². The molecule has 1 unspecified atom stereocenters. The van der Waals surface area contributed by atoms with Crippen molar-refractivity contribution >= 4 is 5.97 Å². The molecule has 2 aromatic carbocycles. The van der Waals surface area contributed by atoms with Crippen molar-refractivity contribution in [2.24, 2.45) is 0 Å². The fourth-order valence-electron chi connectivity index (χ4n) is 4.54. The predicted octanol–water partition coefficient (Wildman–Crippen LogP) is 2.71. The predicted molar refractivity (Wildman–Crippen MR) is 143 cm³/mol. The van der Waals surface area contributed by atoms with Crippen LogP contribution in [0.4, 0.5) is 4.39 Å². The number of aliphatic hydroxyl groups is 1. The Morgan fingerprint density at radius 1 is 1.10 bits per heavy atom. The highest BCUT2D eigenvalue weighted by atomic mass is 19.1. The highest BCUT2D eigenvalue weighted by Gasteiger charge is 2.58. The van der Waals surface area contributed by atoms with Gasteiger partial charge >= 0.3 is 11.7 Å². The smallest absolute Gasteiger partial charge is 0.338 e. The normalized spacial score (nSPS) is 22.2. The average Bonchev–Trinajstić information content (AvgIpc) is 3.26. The second-order valence-corrected chi connectivity index (χ2v) is 9.54. The Morgan fingerprint density at radius 3 is 2.48 bits per heavy atom. The lowest BCUT2D eigenvalue weighted by Crippen LogP contribution is -2.51. The molecule has 0 saturated carbocycles. The molecule has 1 aliphatic rings. The summed E-state index contributed by atoms with van der Waals surface area (Å²) in [6.45, 7) is 0.769. The number of carbonyl (C=O) groups is 1. The summed E-state index contributed by atoms with van der Waals surface area (Å²) in [5, 5.41) is 10.4. The zero-order valence-corrected chi connectivity index (χ0v) is 22.4. The summed E-state index contributed by atoms with van der Waals surface area (Å²) in [5.41, 5.74) is -2.25. The van der Waals surface area contributed by atoms with E-state index in [1.807, 2.05) is 6.92 Å². The second-order valence-electron chi connectivity index (χ2n) is 9.54. The Labute approximate surface area is 230 Å². The number of carbonyl (C=O) groups excluding carboxylic acids is 1. The number of aromatic nitrogens is 2. The fourth-order valence-corrected chi connectivity index (χ4v) is 4.54. The minimum Gasteiger partial charge on any atom is -0.497 e. The van der Waals surface area contributed by atoms with Crippen molar-refractivity contribution in [1.29, 1.82) is 0 Å². The molecule has 10 nitrogen and oxygen atoms in total. The van der Waals surface area contributed by atoms with Gasteiger partial charge in [0.2, 0.25) is 0 Å². The highest BCUT2D eigenvalue weighted by Crippen LogP contribution is 2.41. The Bertz CT molecular complexity index is 1390. The van der Waals surface area contributed by atoms with Gasteiger partial charge in [-0.3, -0.25) is 13.9 Å². The Morgan fingerprint density at radius 2 is 1.82 bits per heavy atom. The van der Waals surface area contributed by atoms with E-state index in [1.54, 1.807) is 54.6 Å². The third-order valence-electron chi connectivity index (χ3n) is 6.83. The number of rotatable bonds is 12. The van der Waals surface area contributed by atoms with Crippen molar-refractivity contribution in [3.8, 4) is 5.75 Å². The number of alkyl halides is 1. The molecule has 0 spiro atoms. The van der Waals surface area contributed by atoms with Crippen molar-refractivity contribution < 1.29 is 33.2 Å². The number of aliphatic hydroxyl groups excluding tert-OH is 1. The molecule has 40 heavy (non-hydrogen) atoms. The highest BCUT2D eigenvalue weighted by molar-refractivity contribution is 5.89. The van der Waals surface area contributed by atoms with E-state index in [2.05, 4.69) is 0 Å². The maximum absolute atomic E-state index is 16.1. The van der Waals surface area contributed by atoms with Gasteiger partial charge in [0.15, 0.2) is 18.0 Å². The molecule has 214 valence electrons. The molecule has 1 aliphatic heterocycles. The van der Waals surface area contributed by atoms with Gasteiger partial charge in [0.1, 0.15) is 18.5 Å². The summed E-state index contributed by atoms with van der Waals surface area (Å²) >= 11 is 0. The maximum atomic E-state index is 16.1. The summed E-state index contributed by atoms with van der Waals surface area (Å²) in [4.78, 5) is 38.7. The second kappa shape index (κ2) is 13.0. The van der Waals surface area contributed by atoms with E-state index < -0.39 is 54.5 Å². The minimum atomic E-state index is -1.93. The van der Waals surface area contributed by atoms with Crippen LogP contribution in [0.5, 0.6) is 5.75 Å².